The highest BCUT2D eigenvalue weighted by Gasteiger charge is 2.39. The number of hydrogen-bond acceptors (Lipinski definition) is 4. The highest BCUT2D eigenvalue weighted by atomic mass is 79.9. The molecule has 2 heterocycles. The number of halogens is 1. The Hall–Kier alpha value is -0.920. The van der Waals surface area contributed by atoms with E-state index < -0.39 is 18.1 Å². The summed E-state index contributed by atoms with van der Waals surface area (Å²) in [6.07, 6.45) is -0.670. The molecule has 2 rings (SSSR count). The van der Waals surface area contributed by atoms with Crippen LogP contribution in [0.1, 0.15) is 16.1 Å². The molecule has 1 fully saturated rings. The van der Waals surface area contributed by atoms with Gasteiger partial charge >= 0.3 is 5.97 Å². The Morgan fingerprint density at radius 3 is 2.71 bits per heavy atom. The number of aliphatic hydroxyl groups is 1. The summed E-state index contributed by atoms with van der Waals surface area (Å²) in [6, 6.07) is 2.44. The molecule has 2 atom stereocenters. The van der Waals surface area contributed by atoms with Crippen molar-refractivity contribution in [1.29, 1.82) is 0 Å². The SMILES string of the molecule is O=C(O)C1CC(O)CN1C(=O)c1ccc(Br)s1. The van der Waals surface area contributed by atoms with Gasteiger partial charge in [0.15, 0.2) is 0 Å². The van der Waals surface area contributed by atoms with Crippen LogP contribution < -0.4 is 0 Å². The predicted molar refractivity (Wildman–Crippen MR) is 65.1 cm³/mol. The van der Waals surface area contributed by atoms with Crippen LogP contribution in [0.25, 0.3) is 0 Å². The molecule has 2 N–H and O–H groups in total. The lowest BCUT2D eigenvalue weighted by molar-refractivity contribution is -0.141. The molecule has 0 saturated carbocycles. The maximum absolute atomic E-state index is 12.1. The molecule has 0 spiro atoms. The van der Waals surface area contributed by atoms with Crippen molar-refractivity contribution in [3.05, 3.63) is 20.8 Å². The number of carbonyl (C=O) groups is 2. The van der Waals surface area contributed by atoms with Gasteiger partial charge in [-0.3, -0.25) is 4.79 Å². The second-order valence-electron chi connectivity index (χ2n) is 3.80. The third-order valence-corrected chi connectivity index (χ3v) is 4.22. The van der Waals surface area contributed by atoms with Crippen LogP contribution in [0.5, 0.6) is 0 Å². The van der Waals surface area contributed by atoms with Gasteiger partial charge in [0.25, 0.3) is 5.91 Å². The Kier molecular flexibility index (Phi) is 3.50. The summed E-state index contributed by atoms with van der Waals surface area (Å²) in [5, 5.41) is 18.4. The minimum Gasteiger partial charge on any atom is -0.480 e. The summed E-state index contributed by atoms with van der Waals surface area (Å²) in [7, 11) is 0. The van der Waals surface area contributed by atoms with E-state index >= 15 is 0 Å². The molecule has 1 aromatic heterocycles. The highest BCUT2D eigenvalue weighted by Crippen LogP contribution is 2.27. The minimum absolute atomic E-state index is 0.0747. The number of rotatable bonds is 2. The van der Waals surface area contributed by atoms with Crippen LogP contribution in [0.15, 0.2) is 15.9 Å². The molecule has 0 aliphatic carbocycles. The van der Waals surface area contributed by atoms with Crippen molar-refractivity contribution in [1.82, 2.24) is 4.90 Å². The molecule has 1 saturated heterocycles. The average Bonchev–Trinajstić information content (AvgIpc) is 2.83. The van der Waals surface area contributed by atoms with Crippen LogP contribution in [0.4, 0.5) is 0 Å². The molecule has 2 unspecified atom stereocenters. The van der Waals surface area contributed by atoms with Gasteiger partial charge in [-0.25, -0.2) is 4.79 Å². The molecule has 92 valence electrons. The number of thiophene rings is 1. The van der Waals surface area contributed by atoms with E-state index in [1.54, 1.807) is 12.1 Å². The molecule has 0 aromatic carbocycles. The second kappa shape index (κ2) is 4.75. The van der Waals surface area contributed by atoms with Crippen LogP contribution in [0, 0.1) is 0 Å². The summed E-state index contributed by atoms with van der Waals surface area (Å²) >= 11 is 4.50. The molecular formula is C10H10BrNO4S. The summed E-state index contributed by atoms with van der Waals surface area (Å²) in [4.78, 5) is 24.7. The van der Waals surface area contributed by atoms with E-state index in [4.69, 9.17) is 5.11 Å². The minimum atomic E-state index is -1.08. The molecule has 1 aliphatic heterocycles. The number of aliphatic hydroxyl groups excluding tert-OH is 1. The smallest absolute Gasteiger partial charge is 0.326 e. The molecule has 1 aliphatic rings. The Labute approximate surface area is 110 Å². The van der Waals surface area contributed by atoms with Gasteiger partial charge in [0.05, 0.1) is 14.8 Å². The van der Waals surface area contributed by atoms with Gasteiger partial charge in [-0.05, 0) is 28.1 Å². The van der Waals surface area contributed by atoms with Gasteiger partial charge in [0, 0.05) is 13.0 Å². The van der Waals surface area contributed by atoms with E-state index in [0.717, 1.165) is 3.79 Å². The normalized spacial score (nSPS) is 24.0. The van der Waals surface area contributed by atoms with Crippen molar-refractivity contribution in [3.8, 4) is 0 Å². The van der Waals surface area contributed by atoms with Gasteiger partial charge in [-0.1, -0.05) is 0 Å². The second-order valence-corrected chi connectivity index (χ2v) is 6.27. The van der Waals surface area contributed by atoms with Crippen molar-refractivity contribution < 1.29 is 19.8 Å². The highest BCUT2D eigenvalue weighted by molar-refractivity contribution is 9.11. The molecule has 0 radical (unpaired) electrons. The lowest BCUT2D eigenvalue weighted by Crippen LogP contribution is -2.40. The van der Waals surface area contributed by atoms with Gasteiger partial charge in [0.2, 0.25) is 0 Å². The summed E-state index contributed by atoms with van der Waals surface area (Å²) in [5.41, 5.74) is 0. The average molecular weight is 320 g/mol. The van der Waals surface area contributed by atoms with Crippen LogP contribution in [-0.4, -0.2) is 45.7 Å². The van der Waals surface area contributed by atoms with Crippen molar-refractivity contribution in [2.75, 3.05) is 6.54 Å². The fraction of sp³-hybridized carbons (Fsp3) is 0.400. The van der Waals surface area contributed by atoms with E-state index in [2.05, 4.69) is 15.9 Å². The van der Waals surface area contributed by atoms with E-state index in [-0.39, 0.29) is 18.9 Å². The van der Waals surface area contributed by atoms with Crippen LogP contribution in [0.2, 0.25) is 0 Å². The fourth-order valence-electron chi connectivity index (χ4n) is 1.84. The number of amides is 1. The third kappa shape index (κ3) is 2.51. The lowest BCUT2D eigenvalue weighted by atomic mass is 10.2. The Morgan fingerprint density at radius 1 is 1.47 bits per heavy atom. The zero-order valence-corrected chi connectivity index (χ0v) is 11.1. The van der Waals surface area contributed by atoms with Crippen molar-refractivity contribution in [2.45, 2.75) is 18.6 Å². The Bertz CT molecular complexity index is 461. The van der Waals surface area contributed by atoms with E-state index in [1.165, 1.54) is 16.2 Å². The molecule has 0 bridgehead atoms. The number of nitrogens with zero attached hydrogens (tertiary/aromatic N) is 1. The van der Waals surface area contributed by atoms with Crippen molar-refractivity contribution >= 4 is 39.1 Å². The Morgan fingerprint density at radius 2 is 2.18 bits per heavy atom. The quantitative estimate of drug-likeness (QED) is 0.857. The topological polar surface area (TPSA) is 77.8 Å². The first-order valence-electron chi connectivity index (χ1n) is 4.96. The molecule has 1 aromatic rings. The van der Waals surface area contributed by atoms with Gasteiger partial charge in [-0.2, -0.15) is 0 Å². The number of hydrogen-bond donors (Lipinski definition) is 2. The molecule has 7 heteroatoms. The number of carboxylic acid groups (broad SMARTS) is 1. The number of likely N-dealkylation sites (tertiary alicyclic amines) is 1. The van der Waals surface area contributed by atoms with E-state index in [9.17, 15) is 14.7 Å². The van der Waals surface area contributed by atoms with Gasteiger partial charge in [0.1, 0.15) is 6.04 Å². The first-order valence-corrected chi connectivity index (χ1v) is 6.57. The van der Waals surface area contributed by atoms with Crippen LogP contribution >= 0.6 is 27.3 Å². The fourth-order valence-corrected chi connectivity index (χ4v) is 3.19. The van der Waals surface area contributed by atoms with E-state index in [1.807, 2.05) is 0 Å². The van der Waals surface area contributed by atoms with Gasteiger partial charge < -0.3 is 15.1 Å². The molecule has 1 amide bonds. The van der Waals surface area contributed by atoms with Crippen molar-refractivity contribution in [2.24, 2.45) is 0 Å². The first kappa shape index (κ1) is 12.5. The molecular weight excluding hydrogens is 310 g/mol. The maximum atomic E-state index is 12.1. The number of aliphatic carboxylic acids is 1. The maximum Gasteiger partial charge on any atom is 0.326 e. The number of β-amino-alcohol motifs (C(OH)–C–C–N with tert-alkyl or cyclic N) is 1. The Balaban J connectivity index is 2.21. The summed E-state index contributed by atoms with van der Waals surface area (Å²) in [5.74, 6) is -1.42. The van der Waals surface area contributed by atoms with Gasteiger partial charge in [-0.15, -0.1) is 11.3 Å². The van der Waals surface area contributed by atoms with Crippen molar-refractivity contribution in [3.63, 3.8) is 0 Å². The zero-order valence-electron chi connectivity index (χ0n) is 8.67. The largest absolute Gasteiger partial charge is 0.480 e. The number of carboxylic acids is 1. The third-order valence-electron chi connectivity index (χ3n) is 2.61. The number of carbonyl (C=O) groups excluding carboxylic acids is 1. The van der Waals surface area contributed by atoms with E-state index in [0.29, 0.717) is 4.88 Å². The first-order chi connectivity index (χ1) is 7.99. The summed E-state index contributed by atoms with van der Waals surface area (Å²) in [6.45, 7) is 0.0747. The predicted octanol–water partition coefficient (Wildman–Crippen LogP) is 1.17. The molecule has 5 nitrogen and oxygen atoms in total. The van der Waals surface area contributed by atoms with Crippen LogP contribution in [0.3, 0.4) is 0 Å². The standard InChI is InChI=1S/C10H10BrNO4S/c11-8-2-1-7(17-8)9(14)12-4-5(13)3-6(12)10(15)16/h1-2,5-6,13H,3-4H2,(H,15,16). The monoisotopic (exact) mass is 319 g/mol. The zero-order chi connectivity index (χ0) is 12.6. The van der Waals surface area contributed by atoms with Crippen LogP contribution in [-0.2, 0) is 4.79 Å². The lowest BCUT2D eigenvalue weighted by Gasteiger charge is -2.20. The molecule has 17 heavy (non-hydrogen) atoms. The summed E-state index contributed by atoms with van der Waals surface area (Å²) < 4.78 is 0.812.